The van der Waals surface area contributed by atoms with Crippen LogP contribution in [-0.4, -0.2) is 77.9 Å². The number of amides is 2. The summed E-state index contributed by atoms with van der Waals surface area (Å²) in [5.74, 6) is -0.136. The van der Waals surface area contributed by atoms with E-state index in [4.69, 9.17) is 9.84 Å². The molecule has 0 aromatic carbocycles. The summed E-state index contributed by atoms with van der Waals surface area (Å²) in [5, 5.41) is 12.3. The van der Waals surface area contributed by atoms with Crippen LogP contribution in [-0.2, 0) is 9.53 Å². The number of urea groups is 1. The monoisotopic (exact) mass is 379 g/mol. The molecule has 0 aromatic heterocycles. The lowest BCUT2D eigenvalue weighted by molar-refractivity contribution is -0.139. The first-order valence-corrected chi connectivity index (χ1v) is 10.6. The highest BCUT2D eigenvalue weighted by Gasteiger charge is 2.55. The summed E-state index contributed by atoms with van der Waals surface area (Å²) < 4.78 is 5.60. The fraction of sp³-hybridized carbons (Fsp3) is 0.900. The number of hydrogen-bond donors (Lipinski definition) is 2. The second-order valence-electron chi connectivity index (χ2n) is 8.94. The molecule has 4 rings (SSSR count). The molecule has 27 heavy (non-hydrogen) atoms. The van der Waals surface area contributed by atoms with Crippen molar-refractivity contribution in [1.29, 1.82) is 0 Å². The molecule has 2 atom stereocenters. The molecule has 2 amide bonds. The number of likely N-dealkylation sites (tertiary alicyclic amines) is 1. The minimum atomic E-state index is -0.782. The minimum Gasteiger partial charge on any atom is -0.480 e. The summed E-state index contributed by atoms with van der Waals surface area (Å²) in [6.45, 7) is 5.36. The van der Waals surface area contributed by atoms with E-state index >= 15 is 0 Å². The van der Waals surface area contributed by atoms with Crippen molar-refractivity contribution in [2.45, 2.75) is 70.0 Å². The molecule has 4 fully saturated rings. The summed E-state index contributed by atoms with van der Waals surface area (Å²) in [5.41, 5.74) is 0.277. The molecular weight excluding hydrogens is 346 g/mol. The number of carboxylic acids is 1. The second-order valence-corrected chi connectivity index (χ2v) is 8.94. The normalized spacial score (nSPS) is 34.5. The Kier molecular flexibility index (Phi) is 5.34. The van der Waals surface area contributed by atoms with E-state index in [0.29, 0.717) is 12.0 Å². The maximum atomic E-state index is 13.0. The van der Waals surface area contributed by atoms with Crippen molar-refractivity contribution < 1.29 is 19.4 Å². The molecular formula is C20H33N3O4. The van der Waals surface area contributed by atoms with Gasteiger partial charge in [0.25, 0.3) is 0 Å². The second kappa shape index (κ2) is 7.59. The molecule has 2 saturated carbocycles. The first-order chi connectivity index (χ1) is 13.0. The minimum absolute atomic E-state index is 0.0856. The van der Waals surface area contributed by atoms with Crippen LogP contribution in [0, 0.1) is 11.3 Å². The number of ether oxygens (including phenoxy) is 1. The molecule has 152 valence electrons. The Morgan fingerprint density at radius 1 is 1.26 bits per heavy atom. The van der Waals surface area contributed by atoms with E-state index in [1.807, 2.05) is 11.8 Å². The topological polar surface area (TPSA) is 82.1 Å². The Labute approximate surface area is 161 Å². The molecule has 7 heteroatoms. The lowest BCUT2D eigenvalue weighted by Crippen LogP contribution is -2.57. The van der Waals surface area contributed by atoms with Crippen LogP contribution in [0.2, 0.25) is 0 Å². The van der Waals surface area contributed by atoms with Crippen LogP contribution in [0.5, 0.6) is 0 Å². The third-order valence-electron chi connectivity index (χ3n) is 7.60. The molecule has 0 bridgehead atoms. The van der Waals surface area contributed by atoms with Crippen molar-refractivity contribution in [1.82, 2.24) is 15.1 Å². The van der Waals surface area contributed by atoms with Crippen LogP contribution in [0.25, 0.3) is 0 Å². The number of carbonyl (C=O) groups is 2. The highest BCUT2D eigenvalue weighted by molar-refractivity contribution is 5.76. The average Bonchev–Trinajstić information content (AvgIpc) is 3.20. The lowest BCUT2D eigenvalue weighted by Gasteiger charge is -2.43. The zero-order valence-corrected chi connectivity index (χ0v) is 16.4. The number of nitrogens with one attached hydrogen (secondary N) is 1. The molecule has 0 aromatic rings. The largest absolute Gasteiger partial charge is 0.480 e. The van der Waals surface area contributed by atoms with Crippen molar-refractivity contribution in [3.05, 3.63) is 0 Å². The van der Waals surface area contributed by atoms with Crippen LogP contribution in [0.4, 0.5) is 4.79 Å². The van der Waals surface area contributed by atoms with Gasteiger partial charge in [-0.1, -0.05) is 13.3 Å². The number of aliphatic carboxylic acids is 1. The molecule has 2 aliphatic heterocycles. The predicted octanol–water partition coefficient (Wildman–Crippen LogP) is 1.91. The third kappa shape index (κ3) is 3.56. The number of fused-ring (bicyclic) bond motifs is 2. The van der Waals surface area contributed by atoms with Gasteiger partial charge >= 0.3 is 12.0 Å². The number of carboxylic acid groups (broad SMARTS) is 1. The van der Waals surface area contributed by atoms with Gasteiger partial charge in [-0.05, 0) is 56.4 Å². The van der Waals surface area contributed by atoms with Crippen LogP contribution >= 0.6 is 0 Å². The summed E-state index contributed by atoms with van der Waals surface area (Å²) >= 11 is 0. The molecule has 2 heterocycles. The quantitative estimate of drug-likeness (QED) is 0.763. The first-order valence-electron chi connectivity index (χ1n) is 10.6. The number of likely N-dealkylation sites (N-methyl/N-ethyl adjacent to an activating group) is 1. The van der Waals surface area contributed by atoms with E-state index in [0.717, 1.165) is 58.4 Å². The highest BCUT2D eigenvalue weighted by Crippen LogP contribution is 2.53. The van der Waals surface area contributed by atoms with Crippen LogP contribution < -0.4 is 5.32 Å². The molecule has 1 spiro atoms. The molecule has 0 radical (unpaired) electrons. The number of hydrogen-bond acceptors (Lipinski definition) is 4. The molecule has 7 nitrogen and oxygen atoms in total. The Balaban J connectivity index is 1.32. The maximum Gasteiger partial charge on any atom is 0.317 e. The molecule has 2 N–H and O–H groups in total. The average molecular weight is 380 g/mol. The van der Waals surface area contributed by atoms with Crippen molar-refractivity contribution >= 4 is 12.0 Å². The standard InChI is InChI=1S/C20H33N3O4/c1-2-22(12-18(24)25)15-10-14(11-15)21-19(26)23-13-20(6-8-27-9-7-20)16-4-3-5-17(16)23/h14-17H,2-13H2,1H3,(H,21,26)(H,24,25)/t14?,15?,16-,17+/m1/s1. The van der Waals surface area contributed by atoms with Gasteiger partial charge < -0.3 is 20.1 Å². The van der Waals surface area contributed by atoms with E-state index in [9.17, 15) is 9.59 Å². The summed E-state index contributed by atoms with van der Waals surface area (Å²) in [6, 6.07) is 0.950. The highest BCUT2D eigenvalue weighted by atomic mass is 16.5. The maximum absolute atomic E-state index is 13.0. The Hall–Kier alpha value is -1.34. The predicted molar refractivity (Wildman–Crippen MR) is 101 cm³/mol. The lowest BCUT2D eigenvalue weighted by atomic mass is 9.71. The fourth-order valence-electron chi connectivity index (χ4n) is 6.07. The molecule has 4 aliphatic rings. The van der Waals surface area contributed by atoms with Crippen molar-refractivity contribution in [2.75, 3.05) is 32.8 Å². The van der Waals surface area contributed by atoms with Crippen LogP contribution in [0.3, 0.4) is 0 Å². The zero-order chi connectivity index (χ0) is 19.0. The van der Waals surface area contributed by atoms with Gasteiger partial charge in [0.1, 0.15) is 0 Å². The summed E-state index contributed by atoms with van der Waals surface area (Å²) in [4.78, 5) is 28.1. The summed E-state index contributed by atoms with van der Waals surface area (Å²) in [7, 11) is 0. The molecule has 2 saturated heterocycles. The molecule has 0 unspecified atom stereocenters. The van der Waals surface area contributed by atoms with Gasteiger partial charge in [-0.3, -0.25) is 9.69 Å². The van der Waals surface area contributed by atoms with Crippen LogP contribution in [0.1, 0.15) is 51.9 Å². The van der Waals surface area contributed by atoms with Crippen molar-refractivity contribution in [3.63, 3.8) is 0 Å². The van der Waals surface area contributed by atoms with Crippen molar-refractivity contribution in [3.8, 4) is 0 Å². The number of nitrogens with zero attached hydrogens (tertiary/aromatic N) is 2. The molecule has 2 aliphatic carbocycles. The van der Waals surface area contributed by atoms with Gasteiger partial charge in [0.05, 0.1) is 6.54 Å². The van der Waals surface area contributed by atoms with E-state index in [1.54, 1.807) is 0 Å². The smallest absolute Gasteiger partial charge is 0.317 e. The van der Waals surface area contributed by atoms with Gasteiger partial charge in [0.2, 0.25) is 0 Å². The van der Waals surface area contributed by atoms with E-state index < -0.39 is 5.97 Å². The number of carbonyl (C=O) groups excluding carboxylic acids is 1. The Morgan fingerprint density at radius 3 is 2.67 bits per heavy atom. The van der Waals surface area contributed by atoms with Crippen LogP contribution in [0.15, 0.2) is 0 Å². The van der Waals surface area contributed by atoms with Gasteiger partial charge in [-0.25, -0.2) is 4.79 Å². The summed E-state index contributed by atoms with van der Waals surface area (Å²) in [6.07, 6.45) is 7.50. The number of rotatable bonds is 5. The van der Waals surface area contributed by atoms with Gasteiger partial charge in [0, 0.05) is 37.9 Å². The van der Waals surface area contributed by atoms with Crippen molar-refractivity contribution in [2.24, 2.45) is 11.3 Å². The van der Waals surface area contributed by atoms with Gasteiger partial charge in [-0.2, -0.15) is 0 Å². The van der Waals surface area contributed by atoms with E-state index in [-0.39, 0.29) is 30.1 Å². The van der Waals surface area contributed by atoms with Gasteiger partial charge in [0.15, 0.2) is 0 Å². The first kappa shape index (κ1) is 19.0. The Bertz CT molecular complexity index is 572. The fourth-order valence-corrected chi connectivity index (χ4v) is 6.07. The van der Waals surface area contributed by atoms with E-state index in [2.05, 4.69) is 10.2 Å². The third-order valence-corrected chi connectivity index (χ3v) is 7.60. The van der Waals surface area contributed by atoms with Gasteiger partial charge in [-0.15, -0.1) is 0 Å². The SMILES string of the molecule is CCN(CC(=O)O)C1CC(NC(=O)N2CC3(CCOCC3)[C@@H]3CCC[C@@H]32)C1. The zero-order valence-electron chi connectivity index (χ0n) is 16.4. The Morgan fingerprint density at radius 2 is 2.00 bits per heavy atom. The van der Waals surface area contributed by atoms with E-state index in [1.165, 1.54) is 12.8 Å².